The minimum atomic E-state index is -1.13. The highest BCUT2D eigenvalue weighted by molar-refractivity contribution is 6.31. The summed E-state index contributed by atoms with van der Waals surface area (Å²) in [5, 5.41) is 2.44. The number of nitrogens with two attached hydrogens (primary N) is 1. The van der Waals surface area contributed by atoms with E-state index in [4.69, 9.17) is 22.1 Å². The Morgan fingerprint density at radius 2 is 1.70 bits per heavy atom. The predicted octanol–water partition coefficient (Wildman–Crippen LogP) is 5.72. The van der Waals surface area contributed by atoms with Crippen molar-refractivity contribution in [3.63, 3.8) is 0 Å². The van der Waals surface area contributed by atoms with Crippen molar-refractivity contribution in [2.45, 2.75) is 26.1 Å². The number of urea groups is 1. The second kappa shape index (κ2) is 12.8. The summed E-state index contributed by atoms with van der Waals surface area (Å²) in [6.07, 6.45) is 0. The number of hydrogen-bond donors (Lipinski definition) is 2. The van der Waals surface area contributed by atoms with Gasteiger partial charge in [0.2, 0.25) is 0 Å². The van der Waals surface area contributed by atoms with Gasteiger partial charge in [-0.15, -0.1) is 12.4 Å². The highest BCUT2D eigenvalue weighted by atomic mass is 35.5. The SMILES string of the molecule is C[C@H]1c2ccc(C(=O)NCc3c(F)cc(F)cc3F)cc2N(Cc2c(F)cc(OCCN)cc2Cl)C(=O)N1C.Cl. The Bertz CT molecular complexity index is 1400. The summed E-state index contributed by atoms with van der Waals surface area (Å²) in [7, 11) is 1.59. The second-order valence-corrected chi connectivity index (χ2v) is 9.37. The molecular formula is C27H26Cl2F4N4O3. The molecule has 0 saturated heterocycles. The van der Waals surface area contributed by atoms with E-state index in [9.17, 15) is 22.8 Å². The van der Waals surface area contributed by atoms with E-state index < -0.39 is 47.3 Å². The van der Waals surface area contributed by atoms with Crippen molar-refractivity contribution in [2.75, 3.05) is 25.1 Å². The molecule has 1 aliphatic heterocycles. The molecule has 0 bridgehead atoms. The zero-order valence-corrected chi connectivity index (χ0v) is 23.0. The minimum absolute atomic E-state index is 0. The van der Waals surface area contributed by atoms with Gasteiger partial charge in [-0.05, 0) is 30.7 Å². The summed E-state index contributed by atoms with van der Waals surface area (Å²) in [6, 6.07) is 7.38. The van der Waals surface area contributed by atoms with E-state index in [2.05, 4.69) is 5.32 Å². The van der Waals surface area contributed by atoms with Crippen LogP contribution in [-0.4, -0.2) is 37.0 Å². The lowest BCUT2D eigenvalue weighted by Crippen LogP contribution is -2.46. The lowest BCUT2D eigenvalue weighted by Gasteiger charge is -2.40. The average molecular weight is 601 g/mol. The number of ether oxygens (including phenoxy) is 1. The number of carbonyl (C=O) groups is 2. The van der Waals surface area contributed by atoms with Gasteiger partial charge >= 0.3 is 6.03 Å². The lowest BCUT2D eigenvalue weighted by molar-refractivity contribution is 0.0950. The smallest absolute Gasteiger partial charge is 0.325 e. The zero-order chi connectivity index (χ0) is 28.4. The first kappa shape index (κ1) is 31.0. The Morgan fingerprint density at radius 3 is 2.33 bits per heavy atom. The highest BCUT2D eigenvalue weighted by Gasteiger charge is 2.34. The average Bonchev–Trinajstić information content (AvgIpc) is 2.88. The normalized spacial score (nSPS) is 14.5. The number of anilines is 1. The van der Waals surface area contributed by atoms with Crippen LogP contribution in [0.25, 0.3) is 0 Å². The highest BCUT2D eigenvalue weighted by Crippen LogP contribution is 2.38. The summed E-state index contributed by atoms with van der Waals surface area (Å²) < 4.78 is 61.5. The molecule has 0 spiro atoms. The number of nitrogens with one attached hydrogen (secondary N) is 1. The number of nitrogens with zero attached hydrogens (tertiary/aromatic N) is 2. The molecule has 0 aromatic heterocycles. The Hall–Kier alpha value is -3.54. The summed E-state index contributed by atoms with van der Waals surface area (Å²) >= 11 is 6.34. The van der Waals surface area contributed by atoms with Crippen molar-refractivity contribution in [3.8, 4) is 5.75 Å². The molecule has 3 aromatic carbocycles. The van der Waals surface area contributed by atoms with E-state index in [0.29, 0.717) is 23.4 Å². The molecule has 0 aliphatic carbocycles. The van der Waals surface area contributed by atoms with Crippen LogP contribution in [0.4, 0.5) is 28.0 Å². The first-order chi connectivity index (χ1) is 18.5. The number of amides is 3. The maximum absolute atomic E-state index is 15.0. The van der Waals surface area contributed by atoms with E-state index in [1.165, 1.54) is 28.0 Å². The fraction of sp³-hybridized carbons (Fsp3) is 0.259. The molecule has 3 aromatic rings. The molecule has 1 heterocycles. The van der Waals surface area contributed by atoms with E-state index in [1.807, 2.05) is 0 Å². The monoisotopic (exact) mass is 600 g/mol. The Labute approximate surface area is 239 Å². The van der Waals surface area contributed by atoms with Crippen LogP contribution in [0.1, 0.15) is 40.0 Å². The van der Waals surface area contributed by atoms with Crippen LogP contribution in [0, 0.1) is 23.3 Å². The maximum Gasteiger partial charge on any atom is 0.325 e. The molecule has 40 heavy (non-hydrogen) atoms. The minimum Gasteiger partial charge on any atom is -0.492 e. The van der Waals surface area contributed by atoms with Gasteiger partial charge in [0.25, 0.3) is 5.91 Å². The predicted molar refractivity (Wildman–Crippen MR) is 145 cm³/mol. The molecule has 13 heteroatoms. The van der Waals surface area contributed by atoms with Gasteiger partial charge in [-0.2, -0.15) is 0 Å². The molecule has 0 unspecified atom stereocenters. The van der Waals surface area contributed by atoms with Crippen molar-refractivity contribution >= 4 is 41.6 Å². The van der Waals surface area contributed by atoms with Gasteiger partial charge < -0.3 is 20.7 Å². The van der Waals surface area contributed by atoms with Crippen LogP contribution in [-0.2, 0) is 13.1 Å². The van der Waals surface area contributed by atoms with Crippen molar-refractivity contribution < 1.29 is 31.9 Å². The molecule has 0 saturated carbocycles. The molecule has 0 fully saturated rings. The molecule has 1 aliphatic rings. The third kappa shape index (κ3) is 6.27. The van der Waals surface area contributed by atoms with Gasteiger partial charge in [0.15, 0.2) is 0 Å². The van der Waals surface area contributed by atoms with E-state index in [-0.39, 0.29) is 60.0 Å². The number of benzene rings is 3. The third-order valence-electron chi connectivity index (χ3n) is 6.50. The van der Waals surface area contributed by atoms with Crippen molar-refractivity contribution in [2.24, 2.45) is 5.73 Å². The fourth-order valence-electron chi connectivity index (χ4n) is 4.25. The molecule has 3 N–H and O–H groups in total. The number of rotatable bonds is 8. The van der Waals surface area contributed by atoms with Crippen molar-refractivity contribution in [3.05, 3.63) is 93.0 Å². The Morgan fingerprint density at radius 1 is 1.05 bits per heavy atom. The third-order valence-corrected chi connectivity index (χ3v) is 6.83. The second-order valence-electron chi connectivity index (χ2n) is 8.96. The maximum atomic E-state index is 15.0. The number of carbonyl (C=O) groups excluding carboxylic acids is 2. The first-order valence-corrected chi connectivity index (χ1v) is 12.3. The molecule has 1 atom stereocenters. The molecule has 4 rings (SSSR count). The summed E-state index contributed by atoms with van der Waals surface area (Å²) in [5.41, 5.74) is 6.07. The van der Waals surface area contributed by atoms with Crippen LogP contribution in [0.5, 0.6) is 5.75 Å². The molecular weight excluding hydrogens is 575 g/mol. The van der Waals surface area contributed by atoms with Gasteiger partial charge in [-0.25, -0.2) is 22.4 Å². The molecule has 3 amide bonds. The first-order valence-electron chi connectivity index (χ1n) is 11.9. The van der Waals surface area contributed by atoms with Crippen LogP contribution in [0.15, 0.2) is 42.5 Å². The summed E-state index contributed by atoms with van der Waals surface area (Å²) in [6.45, 7) is 1.41. The molecule has 214 valence electrons. The Kier molecular flexibility index (Phi) is 9.88. The van der Waals surface area contributed by atoms with Crippen molar-refractivity contribution in [1.82, 2.24) is 10.2 Å². The van der Waals surface area contributed by atoms with Gasteiger partial charge in [0.1, 0.15) is 35.6 Å². The van der Waals surface area contributed by atoms with E-state index in [1.54, 1.807) is 20.0 Å². The van der Waals surface area contributed by atoms with Gasteiger partial charge in [0, 0.05) is 55.0 Å². The van der Waals surface area contributed by atoms with E-state index >= 15 is 4.39 Å². The molecule has 0 radical (unpaired) electrons. The largest absolute Gasteiger partial charge is 0.492 e. The number of fused-ring (bicyclic) bond motifs is 1. The van der Waals surface area contributed by atoms with Gasteiger partial charge in [0.05, 0.1) is 23.3 Å². The summed E-state index contributed by atoms with van der Waals surface area (Å²) in [5.74, 6) is -4.54. The van der Waals surface area contributed by atoms with Gasteiger partial charge in [-0.3, -0.25) is 9.69 Å². The lowest BCUT2D eigenvalue weighted by atomic mass is 9.98. The van der Waals surface area contributed by atoms with Crippen LogP contribution in [0.3, 0.4) is 0 Å². The number of halogens is 6. The topological polar surface area (TPSA) is 87.9 Å². The Balaban J connectivity index is 0.00000441. The summed E-state index contributed by atoms with van der Waals surface area (Å²) in [4.78, 5) is 28.9. The van der Waals surface area contributed by atoms with Crippen LogP contribution in [0.2, 0.25) is 5.02 Å². The van der Waals surface area contributed by atoms with Gasteiger partial charge in [-0.1, -0.05) is 17.7 Å². The van der Waals surface area contributed by atoms with Crippen LogP contribution < -0.4 is 20.7 Å². The fourth-order valence-corrected chi connectivity index (χ4v) is 4.51. The molecule has 7 nitrogen and oxygen atoms in total. The van der Waals surface area contributed by atoms with E-state index in [0.717, 1.165) is 6.07 Å². The quantitative estimate of drug-likeness (QED) is 0.324. The number of hydrogen-bond acceptors (Lipinski definition) is 4. The van der Waals surface area contributed by atoms with Crippen molar-refractivity contribution in [1.29, 1.82) is 0 Å². The van der Waals surface area contributed by atoms with Crippen LogP contribution >= 0.6 is 24.0 Å². The standard InChI is InChI=1S/C27H25ClF4N4O3.ClH/c1-14-18-4-3-15(26(37)34-12-19-22(30)8-16(29)9-23(19)31)7-25(18)36(27(38)35(14)2)13-20-21(28)10-17(11-24(20)32)39-6-5-33;/h3-4,7-11,14H,5-6,12-13,33H2,1-2H3,(H,34,37);1H/t14-;/m0./s1. The zero-order valence-electron chi connectivity index (χ0n) is 21.4.